The summed E-state index contributed by atoms with van der Waals surface area (Å²) < 4.78 is 34.5. The highest BCUT2D eigenvalue weighted by molar-refractivity contribution is 5.28. The molecule has 5 aliphatic rings. The van der Waals surface area contributed by atoms with Crippen molar-refractivity contribution in [1.82, 2.24) is 0 Å². The molecule has 0 bridgehead atoms. The maximum absolute atomic E-state index is 14.0. The topological polar surface area (TPSA) is 12.5 Å². The first-order valence-corrected chi connectivity index (χ1v) is 10.3. The largest absolute Gasteiger partial charge is 0.362 e. The van der Waals surface area contributed by atoms with Crippen LogP contribution in [0, 0.1) is 35.0 Å². The molecule has 0 N–H and O–H groups in total. The molecular weight excluding hydrogens is 306 g/mol. The van der Waals surface area contributed by atoms with E-state index in [0.29, 0.717) is 17.8 Å². The quantitative estimate of drug-likeness (QED) is 0.549. The third-order valence-electron chi connectivity index (χ3n) is 9.46. The maximum Gasteiger partial charge on any atom is 0.248 e. The van der Waals surface area contributed by atoms with E-state index in [-0.39, 0.29) is 35.4 Å². The fourth-order valence-electron chi connectivity index (χ4n) is 8.21. The Balaban J connectivity index is 1.43. The van der Waals surface area contributed by atoms with E-state index in [1.54, 1.807) is 0 Å². The van der Waals surface area contributed by atoms with Crippen LogP contribution >= 0.6 is 0 Å². The van der Waals surface area contributed by atoms with Crippen LogP contribution in [0.3, 0.4) is 0 Å². The zero-order valence-corrected chi connectivity index (χ0v) is 15.4. The Kier molecular flexibility index (Phi) is 3.04. The summed E-state index contributed by atoms with van der Waals surface area (Å²) in [6.45, 7) is 7.01. The second-order valence-electron chi connectivity index (χ2n) is 10.3. The van der Waals surface area contributed by atoms with Crippen LogP contribution in [0.4, 0.5) is 8.78 Å². The molecule has 1 saturated heterocycles. The zero-order chi connectivity index (χ0) is 17.0. The molecule has 0 amide bonds. The SMILES string of the molecule is CC(C)[C@]12CC[C@H]3[C@@H]4CC[C@H]5CC(F)(F)CC[C@]5(C)[C@H]4CC[C@@]31O2. The van der Waals surface area contributed by atoms with Gasteiger partial charge in [0.05, 0.1) is 0 Å². The molecule has 0 aromatic heterocycles. The van der Waals surface area contributed by atoms with Crippen molar-refractivity contribution in [2.24, 2.45) is 35.0 Å². The average Bonchev–Trinajstić information content (AvgIpc) is 3.05. The van der Waals surface area contributed by atoms with Crippen molar-refractivity contribution >= 4 is 0 Å². The van der Waals surface area contributed by atoms with Gasteiger partial charge < -0.3 is 4.74 Å². The first kappa shape index (κ1) is 16.0. The van der Waals surface area contributed by atoms with E-state index in [2.05, 4.69) is 20.8 Å². The molecule has 24 heavy (non-hydrogen) atoms. The second-order valence-corrected chi connectivity index (χ2v) is 10.3. The zero-order valence-electron chi connectivity index (χ0n) is 15.4. The number of fused-ring (bicyclic) bond motifs is 4. The number of ether oxygens (including phenoxy) is 1. The number of halogens is 2. The molecule has 0 aromatic carbocycles. The number of alkyl halides is 2. The molecule has 1 spiro atoms. The van der Waals surface area contributed by atoms with Gasteiger partial charge in [0.15, 0.2) is 0 Å². The van der Waals surface area contributed by atoms with Crippen LogP contribution in [-0.4, -0.2) is 17.1 Å². The van der Waals surface area contributed by atoms with E-state index >= 15 is 0 Å². The Hall–Kier alpha value is -0.180. The van der Waals surface area contributed by atoms with Gasteiger partial charge in [-0.05, 0) is 80.0 Å². The number of hydrogen-bond donors (Lipinski definition) is 0. The minimum atomic E-state index is -2.41. The normalized spacial score (nSPS) is 57.8. The van der Waals surface area contributed by atoms with Crippen LogP contribution in [0.15, 0.2) is 0 Å². The molecule has 1 nitrogen and oxygen atoms in total. The van der Waals surface area contributed by atoms with E-state index in [1.165, 1.54) is 32.1 Å². The van der Waals surface area contributed by atoms with Gasteiger partial charge >= 0.3 is 0 Å². The predicted octanol–water partition coefficient (Wildman–Crippen LogP) is 5.82. The monoisotopic (exact) mass is 338 g/mol. The van der Waals surface area contributed by atoms with Gasteiger partial charge in [0.2, 0.25) is 5.92 Å². The van der Waals surface area contributed by atoms with Gasteiger partial charge in [-0.15, -0.1) is 0 Å². The minimum absolute atomic E-state index is 0.117. The lowest BCUT2D eigenvalue weighted by Gasteiger charge is -2.59. The highest BCUT2D eigenvalue weighted by Gasteiger charge is 2.80. The van der Waals surface area contributed by atoms with Crippen molar-refractivity contribution in [2.45, 2.75) is 95.7 Å². The molecule has 0 unspecified atom stereocenters. The fourth-order valence-corrected chi connectivity index (χ4v) is 8.21. The van der Waals surface area contributed by atoms with Crippen molar-refractivity contribution in [2.75, 3.05) is 0 Å². The third kappa shape index (κ3) is 1.74. The van der Waals surface area contributed by atoms with Crippen LogP contribution in [0.25, 0.3) is 0 Å². The molecule has 4 aliphatic carbocycles. The highest BCUT2D eigenvalue weighted by atomic mass is 19.3. The van der Waals surface area contributed by atoms with Crippen LogP contribution < -0.4 is 0 Å². The molecule has 3 heteroatoms. The fraction of sp³-hybridized carbons (Fsp3) is 1.00. The smallest absolute Gasteiger partial charge is 0.248 e. The standard InChI is InChI=1S/C21H32F2O/c1-13(2)20-8-7-17-15-5-4-14-12-19(22,23)11-10-18(14,3)16(15)6-9-21(17,20)24-20/h13-17H,4-12H2,1-3H3/t14-,15+,16-,17-,18-,20+,21+/m0/s1. The average molecular weight is 338 g/mol. The molecule has 5 fully saturated rings. The maximum atomic E-state index is 14.0. The summed E-state index contributed by atoms with van der Waals surface area (Å²) in [4.78, 5) is 0. The van der Waals surface area contributed by atoms with Crippen molar-refractivity contribution in [1.29, 1.82) is 0 Å². The Morgan fingerprint density at radius 3 is 2.38 bits per heavy atom. The molecule has 1 heterocycles. The molecule has 0 aromatic rings. The molecule has 136 valence electrons. The lowest BCUT2D eigenvalue weighted by atomic mass is 9.46. The van der Waals surface area contributed by atoms with Gasteiger partial charge in [0.1, 0.15) is 11.2 Å². The molecule has 7 atom stereocenters. The van der Waals surface area contributed by atoms with Crippen molar-refractivity contribution in [3.05, 3.63) is 0 Å². The van der Waals surface area contributed by atoms with Crippen LogP contribution in [-0.2, 0) is 4.74 Å². The molecular formula is C21H32F2O. The molecule has 1 aliphatic heterocycles. The summed E-state index contributed by atoms with van der Waals surface area (Å²) in [7, 11) is 0. The summed E-state index contributed by atoms with van der Waals surface area (Å²) in [5, 5.41) is 0. The summed E-state index contributed by atoms with van der Waals surface area (Å²) in [6, 6.07) is 0. The van der Waals surface area contributed by atoms with Gasteiger partial charge in [-0.3, -0.25) is 0 Å². The van der Waals surface area contributed by atoms with E-state index in [4.69, 9.17) is 4.74 Å². The van der Waals surface area contributed by atoms with E-state index in [0.717, 1.165) is 18.8 Å². The van der Waals surface area contributed by atoms with Gasteiger partial charge in [-0.25, -0.2) is 8.78 Å². The Morgan fingerprint density at radius 1 is 0.917 bits per heavy atom. The van der Waals surface area contributed by atoms with Crippen LogP contribution in [0.2, 0.25) is 0 Å². The Bertz CT molecular complexity index is 560. The number of hydrogen-bond acceptors (Lipinski definition) is 1. The van der Waals surface area contributed by atoms with Crippen molar-refractivity contribution in [3.8, 4) is 0 Å². The summed E-state index contributed by atoms with van der Waals surface area (Å²) in [5.74, 6) is 0.545. The first-order chi connectivity index (χ1) is 11.2. The van der Waals surface area contributed by atoms with E-state index in [1.807, 2.05) is 0 Å². The summed E-state index contributed by atoms with van der Waals surface area (Å²) in [5.41, 5.74) is 0.494. The van der Waals surface area contributed by atoms with Crippen LogP contribution in [0.5, 0.6) is 0 Å². The van der Waals surface area contributed by atoms with Gasteiger partial charge in [0.25, 0.3) is 0 Å². The van der Waals surface area contributed by atoms with Crippen LogP contribution in [0.1, 0.15) is 78.6 Å². The molecule has 0 radical (unpaired) electrons. The van der Waals surface area contributed by atoms with Crippen molar-refractivity contribution < 1.29 is 13.5 Å². The lowest BCUT2D eigenvalue weighted by molar-refractivity contribution is -0.157. The minimum Gasteiger partial charge on any atom is -0.362 e. The Morgan fingerprint density at radius 2 is 1.67 bits per heavy atom. The van der Waals surface area contributed by atoms with Gasteiger partial charge in [0, 0.05) is 12.8 Å². The predicted molar refractivity (Wildman–Crippen MR) is 90.0 cm³/mol. The van der Waals surface area contributed by atoms with Gasteiger partial charge in [-0.2, -0.15) is 0 Å². The number of rotatable bonds is 1. The molecule has 4 saturated carbocycles. The van der Waals surface area contributed by atoms with Gasteiger partial charge in [-0.1, -0.05) is 20.8 Å². The second kappa shape index (κ2) is 4.56. The lowest BCUT2D eigenvalue weighted by Crippen LogP contribution is -2.54. The summed E-state index contributed by atoms with van der Waals surface area (Å²) in [6.07, 6.45) is 8.15. The van der Waals surface area contributed by atoms with Crippen molar-refractivity contribution in [3.63, 3.8) is 0 Å². The van der Waals surface area contributed by atoms with E-state index < -0.39 is 5.92 Å². The Labute approximate surface area is 144 Å². The highest BCUT2D eigenvalue weighted by Crippen LogP contribution is 2.75. The van der Waals surface area contributed by atoms with E-state index in [9.17, 15) is 8.78 Å². The summed E-state index contributed by atoms with van der Waals surface area (Å²) >= 11 is 0. The first-order valence-electron chi connectivity index (χ1n) is 10.3. The third-order valence-corrected chi connectivity index (χ3v) is 9.46. The number of epoxide rings is 1. The molecule has 5 rings (SSSR count).